The summed E-state index contributed by atoms with van der Waals surface area (Å²) in [6.45, 7) is 10.2. The van der Waals surface area contributed by atoms with Crippen LogP contribution in [0.2, 0.25) is 0 Å². The van der Waals surface area contributed by atoms with Crippen molar-refractivity contribution in [3.8, 4) is 0 Å². The molecule has 5 heterocycles. The fourth-order valence-corrected chi connectivity index (χ4v) is 6.71. The number of amides is 1. The third kappa shape index (κ3) is 6.19. The van der Waals surface area contributed by atoms with Gasteiger partial charge < -0.3 is 14.6 Å². The smallest absolute Gasteiger partial charge is 0.236 e. The molecule has 2 unspecified atom stereocenters. The zero-order chi connectivity index (χ0) is 29.9. The number of fused-ring (bicyclic) bond motifs is 3. The summed E-state index contributed by atoms with van der Waals surface area (Å²) in [6.07, 6.45) is 3.58. The first-order valence-corrected chi connectivity index (χ1v) is 16.5. The van der Waals surface area contributed by atoms with Crippen molar-refractivity contribution in [2.24, 2.45) is 5.10 Å². The van der Waals surface area contributed by atoms with Gasteiger partial charge in [0.25, 0.3) is 0 Å². The van der Waals surface area contributed by atoms with Crippen LogP contribution in [-0.4, -0.2) is 102 Å². The topological polar surface area (TPSA) is 127 Å². The molecule has 3 aromatic rings. The van der Waals surface area contributed by atoms with Gasteiger partial charge in [-0.1, -0.05) is 51.1 Å². The van der Waals surface area contributed by atoms with Gasteiger partial charge in [-0.3, -0.25) is 9.69 Å². The Hall–Kier alpha value is -3.39. The predicted octanol–water partition coefficient (Wildman–Crippen LogP) is 2.82. The van der Waals surface area contributed by atoms with Crippen molar-refractivity contribution in [2.75, 3.05) is 55.6 Å². The van der Waals surface area contributed by atoms with E-state index >= 15 is 0 Å². The lowest BCUT2D eigenvalue weighted by Gasteiger charge is -2.55. The highest BCUT2D eigenvalue weighted by molar-refractivity contribution is 7.88. The molecule has 1 N–H and O–H groups in total. The number of nitrogens with zero attached hydrogens (tertiary/aromatic N) is 7. The number of morpholine rings is 1. The zero-order valence-electron chi connectivity index (χ0n) is 24.7. The van der Waals surface area contributed by atoms with Crippen molar-refractivity contribution in [2.45, 2.75) is 52.2 Å². The summed E-state index contributed by atoms with van der Waals surface area (Å²) >= 11 is 0. The van der Waals surface area contributed by atoms with E-state index in [2.05, 4.69) is 19.9 Å². The third-order valence-electron chi connectivity index (χ3n) is 7.95. The van der Waals surface area contributed by atoms with Crippen LogP contribution >= 0.6 is 0 Å². The number of anilines is 2. The molecule has 3 aliphatic heterocycles. The van der Waals surface area contributed by atoms with Crippen molar-refractivity contribution in [3.63, 3.8) is 0 Å². The van der Waals surface area contributed by atoms with E-state index in [0.29, 0.717) is 70.2 Å². The summed E-state index contributed by atoms with van der Waals surface area (Å²) in [6, 6.07) is 12.0. The molecular weight excluding hydrogens is 556 g/mol. The van der Waals surface area contributed by atoms with Gasteiger partial charge in [0.15, 0.2) is 11.5 Å². The van der Waals surface area contributed by atoms with E-state index in [9.17, 15) is 13.2 Å². The van der Waals surface area contributed by atoms with Crippen LogP contribution in [0.25, 0.3) is 11.2 Å². The van der Waals surface area contributed by atoms with Gasteiger partial charge >= 0.3 is 0 Å². The molecule has 3 saturated heterocycles. The number of H-pyrrole nitrogens is 1. The van der Waals surface area contributed by atoms with Gasteiger partial charge in [0.1, 0.15) is 11.3 Å². The molecule has 0 aliphatic carbocycles. The number of carbonyl (C=O) groups is 1. The van der Waals surface area contributed by atoms with Crippen molar-refractivity contribution in [3.05, 3.63) is 47.8 Å². The van der Waals surface area contributed by atoms with E-state index in [1.807, 2.05) is 57.2 Å². The number of hydrazone groups is 1. The average molecular weight is 597 g/mol. The summed E-state index contributed by atoms with van der Waals surface area (Å²) < 4.78 is 31.2. The van der Waals surface area contributed by atoms with Crippen molar-refractivity contribution in [1.82, 2.24) is 24.2 Å². The maximum absolute atomic E-state index is 12.3. The Balaban J connectivity index is 0.00000173. The highest BCUT2D eigenvalue weighted by Gasteiger charge is 2.47. The number of aromatic nitrogens is 3. The summed E-state index contributed by atoms with van der Waals surface area (Å²) in [5.41, 5.74) is 3.93. The number of nitrogens with one attached hydrogen (secondary N) is 1. The number of piperidine rings is 1. The van der Waals surface area contributed by atoms with E-state index in [-0.39, 0.29) is 12.1 Å². The first-order valence-electron chi connectivity index (χ1n) is 14.6. The van der Waals surface area contributed by atoms with Crippen molar-refractivity contribution >= 4 is 44.8 Å². The maximum Gasteiger partial charge on any atom is 0.236 e. The van der Waals surface area contributed by atoms with Gasteiger partial charge in [-0.2, -0.15) is 14.4 Å². The fraction of sp³-hybridized carbons (Fsp3) is 0.517. The molecule has 0 spiro atoms. The van der Waals surface area contributed by atoms with E-state index in [0.717, 1.165) is 34.7 Å². The zero-order valence-corrected chi connectivity index (χ0v) is 25.5. The number of piperazine rings is 1. The molecule has 42 heavy (non-hydrogen) atoms. The number of hydrogen-bond acceptors (Lipinski definition) is 9. The molecule has 6 rings (SSSR count). The van der Waals surface area contributed by atoms with E-state index in [1.54, 1.807) is 4.31 Å². The van der Waals surface area contributed by atoms with Crippen LogP contribution in [0.15, 0.2) is 41.5 Å². The Morgan fingerprint density at radius 2 is 1.83 bits per heavy atom. The largest absolute Gasteiger partial charge is 0.378 e. The fourth-order valence-electron chi connectivity index (χ4n) is 5.82. The van der Waals surface area contributed by atoms with Gasteiger partial charge in [0.05, 0.1) is 37.4 Å². The number of imidazole rings is 1. The average Bonchev–Trinajstić information content (AvgIpc) is 3.44. The number of aromatic amines is 1. The minimum Gasteiger partial charge on any atom is -0.378 e. The van der Waals surface area contributed by atoms with Gasteiger partial charge in [0, 0.05) is 44.3 Å². The summed E-state index contributed by atoms with van der Waals surface area (Å²) in [5.74, 6) is 1.16. The Labute approximate surface area is 247 Å². The maximum atomic E-state index is 12.3. The Bertz CT molecular complexity index is 1510. The minimum atomic E-state index is -3.19. The summed E-state index contributed by atoms with van der Waals surface area (Å²) in [4.78, 5) is 29.9. The van der Waals surface area contributed by atoms with E-state index in [4.69, 9.17) is 14.7 Å². The number of ether oxygens (including phenoxy) is 1. The van der Waals surface area contributed by atoms with Crippen LogP contribution in [0.1, 0.15) is 45.0 Å². The number of hydrogen-bond donors (Lipinski definition) is 1. The van der Waals surface area contributed by atoms with Crippen LogP contribution in [0.5, 0.6) is 0 Å². The van der Waals surface area contributed by atoms with Crippen LogP contribution in [0.4, 0.5) is 11.5 Å². The number of likely N-dealkylation sites (tertiary alicyclic amines) is 1. The van der Waals surface area contributed by atoms with Crippen LogP contribution in [-0.2, 0) is 26.1 Å². The molecule has 12 nitrogen and oxygen atoms in total. The van der Waals surface area contributed by atoms with Crippen LogP contribution in [0, 0.1) is 0 Å². The second-order valence-electron chi connectivity index (χ2n) is 10.5. The molecule has 13 heteroatoms. The summed E-state index contributed by atoms with van der Waals surface area (Å²) in [7, 11) is -3.19. The second kappa shape index (κ2) is 12.9. The molecule has 2 aromatic heterocycles. The standard InChI is InChI=1S/C27H34N8O4S.C2H6/c1-3-22(19-7-5-4-6-8-19)31-35(18-36)25-14-23(32-9-11-39-12-10-32)26-27(30-25)29-24(28-26)17-34-20-13-21(34)16-33(15-20)40(2,37)38;1-2/h4-8,14,18,20-21H,3,9-13,15-17H2,1-2H3,(H,28,29,30);1-2H3/b31-22+;. The first kappa shape index (κ1) is 30.1. The molecule has 0 radical (unpaired) electrons. The lowest BCUT2D eigenvalue weighted by Crippen LogP contribution is -2.68. The molecule has 0 saturated carbocycles. The van der Waals surface area contributed by atoms with E-state index < -0.39 is 10.0 Å². The SMILES string of the molecule is CC.CC/C(=N\N(C=O)c1cc(N2CCOCC2)c2[nH]c(CN3C4CC3CN(S(C)(=O)=O)C4)nc2n1)c1ccccc1. The first-order chi connectivity index (χ1) is 20.3. The second-order valence-corrected chi connectivity index (χ2v) is 12.5. The van der Waals surface area contributed by atoms with Crippen LogP contribution < -0.4 is 9.91 Å². The van der Waals surface area contributed by atoms with Crippen molar-refractivity contribution < 1.29 is 17.9 Å². The highest BCUT2D eigenvalue weighted by Crippen LogP contribution is 2.35. The number of sulfonamides is 1. The normalized spacial score (nSPS) is 21.4. The number of pyridine rings is 1. The molecule has 2 atom stereocenters. The van der Waals surface area contributed by atoms with Crippen molar-refractivity contribution in [1.29, 1.82) is 0 Å². The highest BCUT2D eigenvalue weighted by atomic mass is 32.2. The Morgan fingerprint density at radius 3 is 2.45 bits per heavy atom. The molecule has 3 fully saturated rings. The molecular formula is C29H40N8O4S. The lowest BCUT2D eigenvalue weighted by molar-refractivity contribution is -0.107. The van der Waals surface area contributed by atoms with Gasteiger partial charge in [-0.05, 0) is 18.4 Å². The Kier molecular flexibility index (Phi) is 9.21. The lowest BCUT2D eigenvalue weighted by atomic mass is 9.89. The van der Waals surface area contributed by atoms with Gasteiger partial charge in [-0.25, -0.2) is 18.4 Å². The summed E-state index contributed by atoms with van der Waals surface area (Å²) in [5, 5.41) is 5.95. The quantitative estimate of drug-likeness (QED) is 0.227. The predicted molar refractivity (Wildman–Crippen MR) is 164 cm³/mol. The monoisotopic (exact) mass is 596 g/mol. The number of benzene rings is 1. The molecule has 2 bridgehead atoms. The number of carbonyl (C=O) groups excluding carboxylic acids is 1. The molecule has 1 amide bonds. The third-order valence-corrected chi connectivity index (χ3v) is 9.18. The van der Waals surface area contributed by atoms with Gasteiger partial charge in [-0.15, -0.1) is 0 Å². The van der Waals surface area contributed by atoms with Crippen LogP contribution in [0.3, 0.4) is 0 Å². The Morgan fingerprint density at radius 1 is 1.14 bits per heavy atom. The minimum absolute atomic E-state index is 0.175. The van der Waals surface area contributed by atoms with E-state index in [1.165, 1.54) is 11.3 Å². The molecule has 3 aliphatic rings. The van der Waals surface area contributed by atoms with Gasteiger partial charge in [0.2, 0.25) is 16.4 Å². The number of rotatable bonds is 9. The molecule has 226 valence electrons. The molecule has 1 aromatic carbocycles.